The molecule has 0 amide bonds. The Morgan fingerprint density at radius 1 is 1.17 bits per heavy atom. The lowest BCUT2D eigenvalue weighted by molar-refractivity contribution is 0.221. The maximum Gasteiger partial charge on any atom is 0.199 e. The average Bonchev–Trinajstić information content (AvgIpc) is 2.81. The minimum Gasteiger partial charge on any atom is -0.384 e. The van der Waals surface area contributed by atoms with Gasteiger partial charge in [-0.25, -0.2) is 0 Å². The number of rotatable bonds is 2. The van der Waals surface area contributed by atoms with Crippen LogP contribution in [0.4, 0.5) is 0 Å². The number of hydrogen-bond acceptors (Lipinski definition) is 3. The van der Waals surface area contributed by atoms with Crippen LogP contribution in [0, 0.1) is 4.77 Å². The van der Waals surface area contributed by atoms with Crippen molar-refractivity contribution in [2.24, 2.45) is 0 Å². The van der Waals surface area contributed by atoms with Crippen LogP contribution in [0.2, 0.25) is 0 Å². The van der Waals surface area contributed by atoms with Crippen LogP contribution in [0.25, 0.3) is 5.65 Å². The van der Waals surface area contributed by atoms with Gasteiger partial charge in [0.05, 0.1) is 0 Å². The van der Waals surface area contributed by atoms with Crippen molar-refractivity contribution in [3.63, 3.8) is 0 Å². The molecule has 18 heavy (non-hydrogen) atoms. The fraction of sp³-hybridized carbons (Fsp3) is 0.0769. The van der Waals surface area contributed by atoms with Gasteiger partial charge in [0.25, 0.3) is 0 Å². The van der Waals surface area contributed by atoms with Crippen LogP contribution in [0.1, 0.15) is 17.2 Å². The van der Waals surface area contributed by atoms with Crippen molar-refractivity contribution < 1.29 is 5.11 Å². The fourth-order valence-electron chi connectivity index (χ4n) is 1.98. The third kappa shape index (κ3) is 1.73. The molecule has 3 aromatic rings. The number of H-pyrrole nitrogens is 1. The maximum atomic E-state index is 10.4. The summed E-state index contributed by atoms with van der Waals surface area (Å²) >= 11 is 5.11. The summed E-state index contributed by atoms with van der Waals surface area (Å²) in [6.45, 7) is 0. The molecule has 1 atom stereocenters. The van der Waals surface area contributed by atoms with Crippen molar-refractivity contribution in [1.82, 2.24) is 14.6 Å². The van der Waals surface area contributed by atoms with Crippen LogP contribution in [0.15, 0.2) is 48.7 Å². The van der Waals surface area contributed by atoms with Crippen molar-refractivity contribution in [1.29, 1.82) is 0 Å². The summed E-state index contributed by atoms with van der Waals surface area (Å²) in [5, 5.41) is 17.3. The number of benzene rings is 1. The van der Waals surface area contributed by atoms with E-state index in [1.165, 1.54) is 0 Å². The van der Waals surface area contributed by atoms with Crippen LogP contribution in [-0.2, 0) is 0 Å². The maximum absolute atomic E-state index is 10.4. The number of hydrogen-bond donors (Lipinski definition) is 2. The van der Waals surface area contributed by atoms with E-state index in [4.69, 9.17) is 12.2 Å². The van der Waals surface area contributed by atoms with Gasteiger partial charge in [-0.15, -0.1) is 0 Å². The summed E-state index contributed by atoms with van der Waals surface area (Å²) in [5.74, 6) is 0. The Morgan fingerprint density at radius 3 is 2.72 bits per heavy atom. The SMILES string of the molecule is OC(c1ccccc1)c1cccn2c(=S)[nH]nc12. The minimum atomic E-state index is -0.708. The van der Waals surface area contributed by atoms with Gasteiger partial charge in [0.1, 0.15) is 6.10 Å². The highest BCUT2D eigenvalue weighted by Gasteiger charge is 2.14. The van der Waals surface area contributed by atoms with Gasteiger partial charge in [0, 0.05) is 11.8 Å². The van der Waals surface area contributed by atoms with E-state index >= 15 is 0 Å². The first-order valence-electron chi connectivity index (χ1n) is 5.56. The Hall–Kier alpha value is -1.98. The number of fused-ring (bicyclic) bond motifs is 1. The highest BCUT2D eigenvalue weighted by molar-refractivity contribution is 7.71. The molecular weight excluding hydrogens is 246 g/mol. The number of aromatic nitrogens is 3. The number of nitrogens with one attached hydrogen (secondary N) is 1. The average molecular weight is 257 g/mol. The highest BCUT2D eigenvalue weighted by atomic mass is 32.1. The van der Waals surface area contributed by atoms with E-state index < -0.39 is 6.10 Å². The van der Waals surface area contributed by atoms with Crippen LogP contribution < -0.4 is 0 Å². The van der Waals surface area contributed by atoms with E-state index in [1.54, 1.807) is 4.40 Å². The molecule has 0 bridgehead atoms. The van der Waals surface area contributed by atoms with Gasteiger partial charge in [0.2, 0.25) is 0 Å². The number of pyridine rings is 1. The molecule has 2 heterocycles. The molecule has 3 rings (SSSR count). The Kier molecular flexibility index (Phi) is 2.70. The summed E-state index contributed by atoms with van der Waals surface area (Å²) in [7, 11) is 0. The molecule has 0 spiro atoms. The lowest BCUT2D eigenvalue weighted by Crippen LogP contribution is -2.02. The minimum absolute atomic E-state index is 0.520. The molecule has 2 N–H and O–H groups in total. The molecule has 1 aromatic carbocycles. The zero-order valence-electron chi connectivity index (χ0n) is 9.45. The first-order chi connectivity index (χ1) is 8.77. The molecule has 0 aliphatic carbocycles. The first kappa shape index (κ1) is 11.1. The van der Waals surface area contributed by atoms with Crippen molar-refractivity contribution in [3.05, 3.63) is 64.6 Å². The summed E-state index contributed by atoms with van der Waals surface area (Å²) in [6.07, 6.45) is 1.11. The molecule has 5 heteroatoms. The second-order valence-electron chi connectivity index (χ2n) is 4.00. The Bertz CT molecular complexity index is 733. The molecule has 1 unspecified atom stereocenters. The Balaban J connectivity index is 2.18. The van der Waals surface area contributed by atoms with E-state index in [9.17, 15) is 5.11 Å². The summed E-state index contributed by atoms with van der Waals surface area (Å²) < 4.78 is 2.27. The molecular formula is C13H11N3OS. The molecule has 0 aliphatic heterocycles. The van der Waals surface area contributed by atoms with Crippen molar-refractivity contribution in [2.45, 2.75) is 6.10 Å². The normalized spacial score (nSPS) is 12.7. The van der Waals surface area contributed by atoms with E-state index in [0.29, 0.717) is 10.4 Å². The molecule has 2 aromatic heterocycles. The summed E-state index contributed by atoms with van der Waals surface area (Å²) in [5.41, 5.74) is 2.22. The van der Waals surface area contributed by atoms with Crippen molar-refractivity contribution >= 4 is 17.9 Å². The van der Waals surface area contributed by atoms with Gasteiger partial charge >= 0.3 is 0 Å². The number of aliphatic hydroxyl groups is 1. The standard InChI is InChI=1S/C13H11N3OS/c17-11(9-5-2-1-3-6-9)10-7-4-8-16-12(10)14-15-13(16)18/h1-8,11,17H,(H,15,18). The molecule has 0 radical (unpaired) electrons. The van der Waals surface area contributed by atoms with Crippen LogP contribution in [0.3, 0.4) is 0 Å². The van der Waals surface area contributed by atoms with Crippen LogP contribution in [0.5, 0.6) is 0 Å². The summed E-state index contributed by atoms with van der Waals surface area (Å²) in [4.78, 5) is 0. The number of nitrogens with zero attached hydrogens (tertiary/aromatic N) is 2. The van der Waals surface area contributed by atoms with E-state index in [0.717, 1.165) is 11.1 Å². The second-order valence-corrected chi connectivity index (χ2v) is 4.39. The smallest absolute Gasteiger partial charge is 0.199 e. The van der Waals surface area contributed by atoms with Crippen molar-refractivity contribution in [2.75, 3.05) is 0 Å². The van der Waals surface area contributed by atoms with Crippen LogP contribution >= 0.6 is 12.2 Å². The number of aromatic amines is 1. The topological polar surface area (TPSA) is 53.3 Å². The molecule has 0 aliphatic rings. The van der Waals surface area contributed by atoms with Gasteiger partial charge in [-0.05, 0) is 23.8 Å². The van der Waals surface area contributed by atoms with Gasteiger partial charge in [0.15, 0.2) is 10.4 Å². The zero-order valence-corrected chi connectivity index (χ0v) is 10.3. The molecule has 90 valence electrons. The predicted octanol–water partition coefficient (Wildman–Crippen LogP) is 2.47. The van der Waals surface area contributed by atoms with Crippen molar-refractivity contribution in [3.8, 4) is 0 Å². The zero-order chi connectivity index (χ0) is 12.5. The molecule has 0 fully saturated rings. The monoisotopic (exact) mass is 257 g/mol. The van der Waals surface area contributed by atoms with E-state index in [2.05, 4.69) is 10.2 Å². The van der Waals surface area contributed by atoms with Gasteiger partial charge < -0.3 is 5.11 Å². The largest absolute Gasteiger partial charge is 0.384 e. The Labute approximate surface area is 109 Å². The third-order valence-electron chi connectivity index (χ3n) is 2.88. The Morgan fingerprint density at radius 2 is 1.94 bits per heavy atom. The predicted molar refractivity (Wildman–Crippen MR) is 70.9 cm³/mol. The first-order valence-corrected chi connectivity index (χ1v) is 5.97. The number of aliphatic hydroxyl groups excluding tert-OH is 1. The summed E-state index contributed by atoms with van der Waals surface area (Å²) in [6, 6.07) is 13.2. The lowest BCUT2D eigenvalue weighted by atomic mass is 10.0. The highest BCUT2D eigenvalue weighted by Crippen LogP contribution is 2.24. The molecule has 4 nitrogen and oxygen atoms in total. The fourth-order valence-corrected chi connectivity index (χ4v) is 2.18. The van der Waals surface area contributed by atoms with Gasteiger partial charge in [-0.3, -0.25) is 9.50 Å². The van der Waals surface area contributed by atoms with Crippen LogP contribution in [-0.4, -0.2) is 19.7 Å². The second kappa shape index (κ2) is 4.36. The lowest BCUT2D eigenvalue weighted by Gasteiger charge is -2.11. The van der Waals surface area contributed by atoms with Gasteiger partial charge in [-0.1, -0.05) is 36.4 Å². The molecule has 0 saturated heterocycles. The van der Waals surface area contributed by atoms with Gasteiger partial charge in [-0.2, -0.15) is 5.10 Å². The quantitative estimate of drug-likeness (QED) is 0.693. The third-order valence-corrected chi connectivity index (χ3v) is 3.17. The van der Waals surface area contributed by atoms with E-state index in [1.807, 2.05) is 48.7 Å². The van der Waals surface area contributed by atoms with E-state index in [-0.39, 0.29) is 0 Å². The molecule has 0 saturated carbocycles.